The van der Waals surface area contributed by atoms with Gasteiger partial charge in [0.05, 0.1) is 11.9 Å². The van der Waals surface area contributed by atoms with Crippen LogP contribution in [0.15, 0.2) is 18.5 Å². The van der Waals surface area contributed by atoms with Gasteiger partial charge in [0.2, 0.25) is 5.91 Å². The lowest BCUT2D eigenvalue weighted by Gasteiger charge is -2.35. The molecule has 0 unspecified atom stereocenters. The van der Waals surface area contributed by atoms with Gasteiger partial charge in [-0.3, -0.25) is 14.6 Å². The van der Waals surface area contributed by atoms with E-state index in [1.165, 1.54) is 12.3 Å². The summed E-state index contributed by atoms with van der Waals surface area (Å²) in [5.74, 6) is -2.50. The number of amides is 1. The largest absolute Gasteiger partial charge is 0.480 e. The first-order chi connectivity index (χ1) is 8.06. The molecule has 1 fully saturated rings. The van der Waals surface area contributed by atoms with Crippen molar-refractivity contribution in [1.29, 1.82) is 0 Å². The molecule has 1 amide bonds. The number of anilines is 1. The smallest absolute Gasteiger partial charge is 0.319 e. The molecule has 2 N–H and O–H groups in total. The van der Waals surface area contributed by atoms with Crippen LogP contribution >= 0.6 is 0 Å². The normalized spacial score (nSPS) is 17.0. The lowest BCUT2D eigenvalue weighted by atomic mass is 9.68. The number of carboxylic acids is 1. The highest BCUT2D eigenvalue weighted by molar-refractivity contribution is 6.09. The van der Waals surface area contributed by atoms with Crippen LogP contribution in [-0.2, 0) is 9.59 Å². The van der Waals surface area contributed by atoms with Crippen LogP contribution in [-0.4, -0.2) is 22.0 Å². The number of carbonyl (C=O) groups is 2. The minimum absolute atomic E-state index is 0.0440. The molecule has 0 saturated heterocycles. The number of hydrogen-bond donors (Lipinski definition) is 2. The van der Waals surface area contributed by atoms with E-state index in [2.05, 4.69) is 10.3 Å². The second-order valence-electron chi connectivity index (χ2n) is 4.05. The Morgan fingerprint density at radius 2 is 2.18 bits per heavy atom. The summed E-state index contributed by atoms with van der Waals surface area (Å²) in [5.41, 5.74) is -1.44. The first kappa shape index (κ1) is 11.5. The second kappa shape index (κ2) is 4.12. The highest BCUT2D eigenvalue weighted by Crippen LogP contribution is 2.42. The SMILES string of the molecule is O=C(O)C1(C(=O)Nc2ccncc2F)CCC1. The number of carboxylic acid groups (broad SMARTS) is 1. The number of carbonyl (C=O) groups excluding carboxylic acids is 1. The maximum atomic E-state index is 13.2. The molecule has 1 aliphatic rings. The molecule has 0 atom stereocenters. The van der Waals surface area contributed by atoms with E-state index in [0.717, 1.165) is 6.20 Å². The predicted molar refractivity (Wildman–Crippen MR) is 56.7 cm³/mol. The number of pyridine rings is 1. The van der Waals surface area contributed by atoms with Crippen molar-refractivity contribution in [3.8, 4) is 0 Å². The monoisotopic (exact) mass is 238 g/mol. The average Bonchev–Trinajstić information content (AvgIpc) is 2.19. The van der Waals surface area contributed by atoms with Crippen molar-refractivity contribution in [2.75, 3.05) is 5.32 Å². The fourth-order valence-electron chi connectivity index (χ4n) is 1.79. The molecule has 1 aromatic heterocycles. The van der Waals surface area contributed by atoms with Crippen LogP contribution in [0.1, 0.15) is 19.3 Å². The van der Waals surface area contributed by atoms with Crippen LogP contribution in [0.2, 0.25) is 0 Å². The molecule has 5 nitrogen and oxygen atoms in total. The van der Waals surface area contributed by atoms with Crippen LogP contribution in [0.3, 0.4) is 0 Å². The molecular formula is C11H11FN2O3. The third-order valence-corrected chi connectivity index (χ3v) is 3.07. The molecule has 90 valence electrons. The zero-order valence-corrected chi connectivity index (χ0v) is 8.94. The van der Waals surface area contributed by atoms with Crippen molar-refractivity contribution in [1.82, 2.24) is 4.98 Å². The average molecular weight is 238 g/mol. The Kier molecular flexibility index (Phi) is 2.79. The summed E-state index contributed by atoms with van der Waals surface area (Å²) in [4.78, 5) is 26.4. The van der Waals surface area contributed by atoms with Gasteiger partial charge in [0.1, 0.15) is 5.41 Å². The molecule has 0 spiro atoms. The van der Waals surface area contributed by atoms with Gasteiger partial charge in [-0.1, -0.05) is 6.42 Å². The molecule has 0 aliphatic heterocycles. The second-order valence-corrected chi connectivity index (χ2v) is 4.05. The topological polar surface area (TPSA) is 79.3 Å². The molecule has 1 aromatic rings. The maximum absolute atomic E-state index is 13.2. The van der Waals surface area contributed by atoms with E-state index in [-0.39, 0.29) is 5.69 Å². The summed E-state index contributed by atoms with van der Waals surface area (Å²) < 4.78 is 13.2. The van der Waals surface area contributed by atoms with Gasteiger partial charge in [0, 0.05) is 6.20 Å². The van der Waals surface area contributed by atoms with E-state index in [4.69, 9.17) is 5.11 Å². The summed E-state index contributed by atoms with van der Waals surface area (Å²) in [6.07, 6.45) is 3.57. The number of nitrogens with zero attached hydrogens (tertiary/aromatic N) is 1. The Balaban J connectivity index is 2.17. The summed E-state index contributed by atoms with van der Waals surface area (Å²) in [6, 6.07) is 1.29. The molecule has 0 aromatic carbocycles. The van der Waals surface area contributed by atoms with E-state index in [1.54, 1.807) is 0 Å². The number of aromatic nitrogens is 1. The molecule has 1 saturated carbocycles. The van der Waals surface area contributed by atoms with Gasteiger partial charge < -0.3 is 10.4 Å². The third-order valence-electron chi connectivity index (χ3n) is 3.07. The molecule has 0 bridgehead atoms. The Morgan fingerprint density at radius 1 is 1.47 bits per heavy atom. The molecule has 1 heterocycles. The quantitative estimate of drug-likeness (QED) is 0.780. The molecule has 1 aliphatic carbocycles. The Hall–Kier alpha value is -1.98. The minimum Gasteiger partial charge on any atom is -0.480 e. The Bertz CT molecular complexity index is 472. The minimum atomic E-state index is -1.39. The van der Waals surface area contributed by atoms with Crippen LogP contribution in [0.4, 0.5) is 10.1 Å². The summed E-state index contributed by atoms with van der Waals surface area (Å²) in [7, 11) is 0. The van der Waals surface area contributed by atoms with Crippen molar-refractivity contribution in [3.63, 3.8) is 0 Å². The van der Waals surface area contributed by atoms with Crippen LogP contribution < -0.4 is 5.32 Å². The molecular weight excluding hydrogens is 227 g/mol. The zero-order valence-electron chi connectivity index (χ0n) is 8.94. The van der Waals surface area contributed by atoms with E-state index >= 15 is 0 Å². The molecule has 2 rings (SSSR count). The Labute approximate surface area is 96.7 Å². The van der Waals surface area contributed by atoms with Gasteiger partial charge in [0.15, 0.2) is 5.82 Å². The lowest BCUT2D eigenvalue weighted by molar-refractivity contribution is -0.159. The number of rotatable bonds is 3. The number of halogens is 1. The highest BCUT2D eigenvalue weighted by Gasteiger charge is 2.51. The van der Waals surface area contributed by atoms with E-state index in [1.807, 2.05) is 0 Å². The van der Waals surface area contributed by atoms with Gasteiger partial charge in [-0.25, -0.2) is 4.39 Å². The van der Waals surface area contributed by atoms with Crippen LogP contribution in [0.25, 0.3) is 0 Å². The van der Waals surface area contributed by atoms with Crippen LogP contribution in [0.5, 0.6) is 0 Å². The van der Waals surface area contributed by atoms with E-state index in [9.17, 15) is 14.0 Å². The molecule has 17 heavy (non-hydrogen) atoms. The number of hydrogen-bond acceptors (Lipinski definition) is 3. The van der Waals surface area contributed by atoms with Crippen molar-refractivity contribution >= 4 is 17.6 Å². The lowest BCUT2D eigenvalue weighted by Crippen LogP contribution is -2.48. The highest BCUT2D eigenvalue weighted by atomic mass is 19.1. The zero-order chi connectivity index (χ0) is 12.5. The van der Waals surface area contributed by atoms with E-state index < -0.39 is 23.1 Å². The standard InChI is InChI=1S/C11H11FN2O3/c12-7-6-13-5-2-8(7)14-9(15)11(10(16)17)3-1-4-11/h2,5-6H,1,3-4H2,(H,16,17)(H,13,14,15). The Morgan fingerprint density at radius 3 is 2.65 bits per heavy atom. The molecule has 6 heteroatoms. The van der Waals surface area contributed by atoms with Gasteiger partial charge >= 0.3 is 5.97 Å². The summed E-state index contributed by atoms with van der Waals surface area (Å²) in [6.45, 7) is 0. The number of aliphatic carboxylic acids is 1. The van der Waals surface area contributed by atoms with E-state index in [0.29, 0.717) is 19.3 Å². The predicted octanol–water partition coefficient (Wildman–Crippen LogP) is 1.41. The first-order valence-electron chi connectivity index (χ1n) is 5.21. The third kappa shape index (κ3) is 1.86. The van der Waals surface area contributed by atoms with Crippen molar-refractivity contribution in [2.45, 2.75) is 19.3 Å². The van der Waals surface area contributed by atoms with Crippen LogP contribution in [0, 0.1) is 11.2 Å². The summed E-state index contributed by atoms with van der Waals surface area (Å²) in [5, 5.41) is 11.3. The van der Waals surface area contributed by atoms with Gasteiger partial charge in [-0.05, 0) is 18.9 Å². The summed E-state index contributed by atoms with van der Waals surface area (Å²) >= 11 is 0. The fraction of sp³-hybridized carbons (Fsp3) is 0.364. The van der Waals surface area contributed by atoms with Crippen molar-refractivity contribution in [3.05, 3.63) is 24.3 Å². The first-order valence-corrected chi connectivity index (χ1v) is 5.21. The number of nitrogens with one attached hydrogen (secondary N) is 1. The van der Waals surface area contributed by atoms with Crippen molar-refractivity contribution in [2.24, 2.45) is 5.41 Å². The fourth-order valence-corrected chi connectivity index (χ4v) is 1.79. The van der Waals surface area contributed by atoms with Gasteiger partial charge in [-0.2, -0.15) is 0 Å². The van der Waals surface area contributed by atoms with Gasteiger partial charge in [-0.15, -0.1) is 0 Å². The van der Waals surface area contributed by atoms with Gasteiger partial charge in [0.25, 0.3) is 0 Å². The molecule has 0 radical (unpaired) electrons. The van der Waals surface area contributed by atoms with Crippen molar-refractivity contribution < 1.29 is 19.1 Å². The maximum Gasteiger partial charge on any atom is 0.319 e.